The first-order valence-electron chi connectivity index (χ1n) is 8.56. The van der Waals surface area contributed by atoms with Gasteiger partial charge in [-0.2, -0.15) is 0 Å². The summed E-state index contributed by atoms with van der Waals surface area (Å²) in [6.07, 6.45) is 0. The number of hydrogen-bond donors (Lipinski definition) is 2. The largest absolute Gasteiger partial charge is 0.493 e. The van der Waals surface area contributed by atoms with E-state index in [-0.39, 0.29) is 6.61 Å². The van der Waals surface area contributed by atoms with Gasteiger partial charge in [0.15, 0.2) is 6.61 Å². The zero-order chi connectivity index (χ0) is 19.8. The number of aryl methyl sites for hydroxylation is 1. The molecule has 0 heterocycles. The summed E-state index contributed by atoms with van der Waals surface area (Å²) in [5.41, 5.74) is 6.16. The molecule has 144 valence electrons. The van der Waals surface area contributed by atoms with Crippen LogP contribution in [0.2, 0.25) is 0 Å². The lowest BCUT2D eigenvalue weighted by atomic mass is 10.2. The Balaban J connectivity index is 1.82. The molecule has 2 amide bonds. The van der Waals surface area contributed by atoms with Gasteiger partial charge in [0.1, 0.15) is 11.5 Å². The van der Waals surface area contributed by atoms with Crippen LogP contribution in [0.4, 0.5) is 0 Å². The van der Waals surface area contributed by atoms with E-state index in [9.17, 15) is 9.59 Å². The van der Waals surface area contributed by atoms with Crippen molar-refractivity contribution in [3.05, 3.63) is 58.1 Å². The lowest BCUT2D eigenvalue weighted by molar-refractivity contribution is -0.123. The molecular weight excluding hydrogens is 412 g/mol. The van der Waals surface area contributed by atoms with Crippen LogP contribution in [-0.4, -0.2) is 25.0 Å². The van der Waals surface area contributed by atoms with Gasteiger partial charge >= 0.3 is 0 Å². The molecule has 0 saturated heterocycles. The molecule has 0 atom stereocenters. The van der Waals surface area contributed by atoms with Crippen molar-refractivity contribution in [1.82, 2.24) is 10.9 Å². The van der Waals surface area contributed by atoms with Crippen LogP contribution in [0, 0.1) is 12.8 Å². The van der Waals surface area contributed by atoms with Gasteiger partial charge in [0.2, 0.25) is 0 Å². The highest BCUT2D eigenvalue weighted by Gasteiger charge is 2.10. The van der Waals surface area contributed by atoms with Crippen LogP contribution in [0.3, 0.4) is 0 Å². The normalized spacial score (nSPS) is 10.4. The molecule has 7 heteroatoms. The minimum absolute atomic E-state index is 0.223. The Hall–Kier alpha value is -2.54. The number of carbonyl (C=O) groups excluding carboxylic acids is 2. The van der Waals surface area contributed by atoms with Crippen LogP contribution in [0.5, 0.6) is 11.5 Å². The Morgan fingerprint density at radius 2 is 1.85 bits per heavy atom. The predicted molar refractivity (Wildman–Crippen MR) is 107 cm³/mol. The molecule has 6 nitrogen and oxygen atoms in total. The number of halogens is 1. The zero-order valence-electron chi connectivity index (χ0n) is 15.5. The van der Waals surface area contributed by atoms with E-state index < -0.39 is 11.8 Å². The highest BCUT2D eigenvalue weighted by atomic mass is 79.9. The number of carbonyl (C=O) groups is 2. The van der Waals surface area contributed by atoms with Crippen molar-refractivity contribution in [1.29, 1.82) is 0 Å². The van der Waals surface area contributed by atoms with Crippen molar-refractivity contribution in [3.8, 4) is 11.5 Å². The van der Waals surface area contributed by atoms with Crippen LogP contribution in [0.25, 0.3) is 0 Å². The number of nitrogens with one attached hydrogen (secondary N) is 2. The molecule has 27 heavy (non-hydrogen) atoms. The average molecular weight is 435 g/mol. The summed E-state index contributed by atoms with van der Waals surface area (Å²) in [6, 6.07) is 12.3. The maximum Gasteiger partial charge on any atom is 0.276 e. The van der Waals surface area contributed by atoms with Crippen LogP contribution in [-0.2, 0) is 4.79 Å². The first kappa shape index (κ1) is 20.8. The summed E-state index contributed by atoms with van der Waals surface area (Å²) in [7, 11) is 0. The number of rotatable bonds is 7. The van der Waals surface area contributed by atoms with Crippen LogP contribution < -0.4 is 20.3 Å². The van der Waals surface area contributed by atoms with Crippen LogP contribution >= 0.6 is 15.9 Å². The topological polar surface area (TPSA) is 76.7 Å². The Kier molecular flexibility index (Phi) is 7.67. The first-order valence-corrected chi connectivity index (χ1v) is 9.35. The van der Waals surface area contributed by atoms with E-state index in [1.165, 1.54) is 0 Å². The molecule has 0 bridgehead atoms. The molecule has 2 rings (SSSR count). The van der Waals surface area contributed by atoms with Crippen molar-refractivity contribution >= 4 is 27.7 Å². The van der Waals surface area contributed by atoms with Gasteiger partial charge in [0, 0.05) is 5.56 Å². The Morgan fingerprint density at radius 1 is 1.07 bits per heavy atom. The Bertz CT molecular complexity index is 808. The highest BCUT2D eigenvalue weighted by Crippen LogP contribution is 2.25. The van der Waals surface area contributed by atoms with Gasteiger partial charge in [-0.3, -0.25) is 20.4 Å². The summed E-state index contributed by atoms with van der Waals surface area (Å²) >= 11 is 3.38. The van der Waals surface area contributed by atoms with E-state index in [0.29, 0.717) is 29.6 Å². The molecule has 0 aliphatic heterocycles. The van der Waals surface area contributed by atoms with Crippen molar-refractivity contribution in [2.75, 3.05) is 13.2 Å². The highest BCUT2D eigenvalue weighted by molar-refractivity contribution is 9.10. The van der Waals surface area contributed by atoms with Gasteiger partial charge in [-0.25, -0.2) is 0 Å². The number of hydrazine groups is 1. The third-order valence-electron chi connectivity index (χ3n) is 3.44. The van der Waals surface area contributed by atoms with Crippen LogP contribution in [0.1, 0.15) is 29.8 Å². The molecule has 0 unspecified atom stereocenters. The number of ether oxygens (including phenoxy) is 2. The molecule has 2 aromatic carbocycles. The molecule has 2 aromatic rings. The molecule has 2 N–H and O–H groups in total. The molecule has 0 radical (unpaired) electrons. The monoisotopic (exact) mass is 434 g/mol. The fourth-order valence-electron chi connectivity index (χ4n) is 2.09. The van der Waals surface area contributed by atoms with E-state index in [0.717, 1.165) is 10.0 Å². The second kappa shape index (κ2) is 9.97. The molecular formula is C20H23BrN2O4. The molecule has 0 aliphatic rings. The maximum absolute atomic E-state index is 12.2. The second-order valence-electron chi connectivity index (χ2n) is 6.46. The molecule has 0 spiro atoms. The SMILES string of the molecule is Cc1ccc(OCC(=O)NNC(=O)c2cccc(OCC(C)C)c2)c(Br)c1. The standard InChI is InChI=1S/C20H23BrN2O4/c1-13(2)11-26-16-6-4-5-15(10-16)20(25)23-22-19(24)12-27-18-8-7-14(3)9-17(18)21/h4-10,13H,11-12H2,1-3H3,(H,22,24)(H,23,25). The minimum atomic E-state index is -0.469. The minimum Gasteiger partial charge on any atom is -0.493 e. The molecule has 0 aromatic heterocycles. The first-order chi connectivity index (χ1) is 12.8. The van der Waals surface area contributed by atoms with Crippen molar-refractivity contribution in [2.45, 2.75) is 20.8 Å². The number of amides is 2. The summed E-state index contributed by atoms with van der Waals surface area (Å²) in [5.74, 6) is 0.639. The second-order valence-corrected chi connectivity index (χ2v) is 7.31. The van der Waals surface area contributed by atoms with Gasteiger partial charge in [-0.15, -0.1) is 0 Å². The van der Waals surface area contributed by atoms with E-state index in [2.05, 4.69) is 26.8 Å². The van der Waals surface area contributed by atoms with Gasteiger partial charge in [-0.1, -0.05) is 26.0 Å². The third kappa shape index (κ3) is 6.94. The average Bonchev–Trinajstić information content (AvgIpc) is 2.64. The summed E-state index contributed by atoms with van der Waals surface area (Å²) < 4.78 is 11.8. The van der Waals surface area contributed by atoms with E-state index in [4.69, 9.17) is 9.47 Å². The molecule has 0 saturated carbocycles. The number of benzene rings is 2. The zero-order valence-corrected chi connectivity index (χ0v) is 17.1. The van der Waals surface area contributed by atoms with Crippen molar-refractivity contribution < 1.29 is 19.1 Å². The van der Waals surface area contributed by atoms with Crippen molar-refractivity contribution in [2.24, 2.45) is 5.92 Å². The van der Waals surface area contributed by atoms with Crippen molar-refractivity contribution in [3.63, 3.8) is 0 Å². The summed E-state index contributed by atoms with van der Waals surface area (Å²) in [5, 5.41) is 0. The Morgan fingerprint density at radius 3 is 2.56 bits per heavy atom. The molecule has 0 fully saturated rings. The smallest absolute Gasteiger partial charge is 0.276 e. The van der Waals surface area contributed by atoms with Gasteiger partial charge in [0.25, 0.3) is 11.8 Å². The quantitative estimate of drug-likeness (QED) is 0.652. The number of hydrogen-bond acceptors (Lipinski definition) is 4. The fraction of sp³-hybridized carbons (Fsp3) is 0.300. The van der Waals surface area contributed by atoms with E-state index >= 15 is 0 Å². The lowest BCUT2D eigenvalue weighted by Crippen LogP contribution is -2.43. The molecule has 0 aliphatic carbocycles. The summed E-state index contributed by atoms with van der Waals surface area (Å²) in [4.78, 5) is 24.1. The summed E-state index contributed by atoms with van der Waals surface area (Å²) in [6.45, 7) is 6.39. The van der Waals surface area contributed by atoms with Gasteiger partial charge in [-0.05, 0) is 64.7 Å². The van der Waals surface area contributed by atoms with Gasteiger partial charge < -0.3 is 9.47 Å². The maximum atomic E-state index is 12.2. The van der Waals surface area contributed by atoms with Gasteiger partial charge in [0.05, 0.1) is 11.1 Å². The third-order valence-corrected chi connectivity index (χ3v) is 4.06. The fourth-order valence-corrected chi connectivity index (χ4v) is 2.70. The predicted octanol–water partition coefficient (Wildman–Crippen LogP) is 3.63. The lowest BCUT2D eigenvalue weighted by Gasteiger charge is -2.11. The Labute approximate surface area is 167 Å². The van der Waals surface area contributed by atoms with E-state index in [1.807, 2.05) is 32.9 Å². The van der Waals surface area contributed by atoms with Crippen LogP contribution in [0.15, 0.2) is 46.9 Å². The van der Waals surface area contributed by atoms with E-state index in [1.54, 1.807) is 30.3 Å².